The molecule has 1 aliphatic heterocycles. The summed E-state index contributed by atoms with van der Waals surface area (Å²) in [4.78, 5) is 0. The van der Waals surface area contributed by atoms with Crippen molar-refractivity contribution >= 4 is 5.69 Å². The zero-order valence-corrected chi connectivity index (χ0v) is 6.38. The minimum Gasteiger partial charge on any atom is -0.384 e. The third-order valence-electron chi connectivity index (χ3n) is 2.22. The third-order valence-corrected chi connectivity index (χ3v) is 2.22. The smallest absolute Gasteiger partial charge is 0.0376 e. The molecule has 1 heterocycles. The second kappa shape index (κ2) is 2.55. The van der Waals surface area contributed by atoms with Crippen molar-refractivity contribution < 1.29 is 0 Å². The van der Waals surface area contributed by atoms with Crippen LogP contribution in [0.3, 0.4) is 0 Å². The molecule has 0 saturated heterocycles. The monoisotopic (exact) mass is 148 g/mol. The molecule has 2 heteroatoms. The van der Waals surface area contributed by atoms with Crippen LogP contribution in [-0.4, -0.2) is 13.1 Å². The Morgan fingerprint density at radius 1 is 1.45 bits per heavy atom. The van der Waals surface area contributed by atoms with Crippen LogP contribution in [0, 0.1) is 0 Å². The molecular weight excluding hydrogens is 136 g/mol. The molecule has 2 nitrogen and oxygen atoms in total. The van der Waals surface area contributed by atoms with Crippen molar-refractivity contribution in [3.8, 4) is 0 Å². The van der Waals surface area contributed by atoms with Crippen LogP contribution < -0.4 is 11.1 Å². The van der Waals surface area contributed by atoms with E-state index in [1.807, 2.05) is 6.07 Å². The molecule has 0 aromatic heterocycles. The minimum atomic E-state index is 0.520. The van der Waals surface area contributed by atoms with Crippen molar-refractivity contribution in [1.82, 2.24) is 0 Å². The maximum atomic E-state index is 5.61. The zero-order valence-electron chi connectivity index (χ0n) is 6.38. The van der Waals surface area contributed by atoms with Crippen LogP contribution in [0.15, 0.2) is 24.3 Å². The number of para-hydroxylation sites is 1. The van der Waals surface area contributed by atoms with E-state index >= 15 is 0 Å². The van der Waals surface area contributed by atoms with Crippen LogP contribution in [0.2, 0.25) is 0 Å². The molecule has 0 saturated carbocycles. The standard InChI is InChI=1S/C9H12N2/c10-5-7-6-11-9-4-2-1-3-8(7)9/h1-4,7,11H,5-6,10H2. The van der Waals surface area contributed by atoms with Crippen LogP contribution in [0.25, 0.3) is 0 Å². The Morgan fingerprint density at radius 2 is 2.27 bits per heavy atom. The first-order chi connectivity index (χ1) is 5.42. The van der Waals surface area contributed by atoms with E-state index in [2.05, 4.69) is 23.5 Å². The lowest BCUT2D eigenvalue weighted by Crippen LogP contribution is -2.13. The van der Waals surface area contributed by atoms with E-state index in [4.69, 9.17) is 5.73 Å². The summed E-state index contributed by atoms with van der Waals surface area (Å²) in [7, 11) is 0. The number of rotatable bonds is 1. The molecule has 58 valence electrons. The van der Waals surface area contributed by atoms with Gasteiger partial charge in [-0.05, 0) is 11.6 Å². The highest BCUT2D eigenvalue weighted by molar-refractivity contribution is 5.57. The third kappa shape index (κ3) is 0.994. The minimum absolute atomic E-state index is 0.520. The fourth-order valence-electron chi connectivity index (χ4n) is 1.57. The number of hydrogen-bond donors (Lipinski definition) is 2. The summed E-state index contributed by atoms with van der Waals surface area (Å²) in [5.74, 6) is 0.520. The van der Waals surface area contributed by atoms with Gasteiger partial charge in [0.25, 0.3) is 0 Å². The molecule has 1 aliphatic rings. The summed E-state index contributed by atoms with van der Waals surface area (Å²) in [6, 6.07) is 8.36. The first-order valence-corrected chi connectivity index (χ1v) is 3.94. The largest absolute Gasteiger partial charge is 0.384 e. The molecule has 0 spiro atoms. The van der Waals surface area contributed by atoms with Crippen LogP contribution >= 0.6 is 0 Å². The van der Waals surface area contributed by atoms with E-state index in [0.717, 1.165) is 13.1 Å². The molecule has 0 bridgehead atoms. The zero-order chi connectivity index (χ0) is 7.68. The number of fused-ring (bicyclic) bond motifs is 1. The maximum absolute atomic E-state index is 5.61. The van der Waals surface area contributed by atoms with Gasteiger partial charge in [0.2, 0.25) is 0 Å². The molecule has 11 heavy (non-hydrogen) atoms. The molecule has 2 rings (SSSR count). The summed E-state index contributed by atoms with van der Waals surface area (Å²) in [6.45, 7) is 1.74. The van der Waals surface area contributed by atoms with Crippen molar-refractivity contribution in [3.63, 3.8) is 0 Å². The summed E-state index contributed by atoms with van der Waals surface area (Å²) >= 11 is 0. The average Bonchev–Trinajstić information content (AvgIpc) is 2.47. The molecule has 1 unspecified atom stereocenters. The second-order valence-corrected chi connectivity index (χ2v) is 2.90. The Morgan fingerprint density at radius 3 is 3.09 bits per heavy atom. The number of nitrogens with one attached hydrogen (secondary N) is 1. The quantitative estimate of drug-likeness (QED) is 0.627. The molecule has 1 aromatic rings. The highest BCUT2D eigenvalue weighted by atomic mass is 14.9. The Bertz CT molecular complexity index is 257. The van der Waals surface area contributed by atoms with Crippen molar-refractivity contribution in [3.05, 3.63) is 29.8 Å². The highest BCUT2D eigenvalue weighted by Crippen LogP contribution is 2.29. The van der Waals surface area contributed by atoms with Crippen LogP contribution in [0.5, 0.6) is 0 Å². The van der Waals surface area contributed by atoms with Gasteiger partial charge in [0.1, 0.15) is 0 Å². The molecule has 0 radical (unpaired) electrons. The van der Waals surface area contributed by atoms with Gasteiger partial charge < -0.3 is 11.1 Å². The summed E-state index contributed by atoms with van der Waals surface area (Å²) < 4.78 is 0. The number of benzene rings is 1. The van der Waals surface area contributed by atoms with E-state index in [1.165, 1.54) is 11.3 Å². The summed E-state index contributed by atoms with van der Waals surface area (Å²) in [5.41, 5.74) is 8.23. The van der Waals surface area contributed by atoms with Gasteiger partial charge in [-0.25, -0.2) is 0 Å². The normalized spacial score (nSPS) is 21.0. The van der Waals surface area contributed by atoms with Crippen molar-refractivity contribution in [2.75, 3.05) is 18.4 Å². The molecule has 0 amide bonds. The maximum Gasteiger partial charge on any atom is 0.0376 e. The van der Waals surface area contributed by atoms with Crippen LogP contribution in [0.4, 0.5) is 5.69 Å². The predicted octanol–water partition coefficient (Wildman–Crippen LogP) is 1.15. The fourth-order valence-corrected chi connectivity index (χ4v) is 1.57. The Labute approximate surface area is 66.4 Å². The predicted molar refractivity (Wildman–Crippen MR) is 46.7 cm³/mol. The van der Waals surface area contributed by atoms with Gasteiger partial charge in [0.05, 0.1) is 0 Å². The first-order valence-electron chi connectivity index (χ1n) is 3.94. The lowest BCUT2D eigenvalue weighted by Gasteiger charge is -2.04. The Balaban J connectivity index is 2.39. The van der Waals surface area contributed by atoms with Crippen LogP contribution in [-0.2, 0) is 0 Å². The van der Waals surface area contributed by atoms with Gasteiger partial charge in [-0.1, -0.05) is 18.2 Å². The fraction of sp³-hybridized carbons (Fsp3) is 0.333. The number of anilines is 1. The molecule has 1 aromatic carbocycles. The Hall–Kier alpha value is -1.02. The van der Waals surface area contributed by atoms with E-state index in [1.54, 1.807) is 0 Å². The average molecular weight is 148 g/mol. The highest BCUT2D eigenvalue weighted by Gasteiger charge is 2.18. The Kier molecular flexibility index (Phi) is 1.55. The van der Waals surface area contributed by atoms with E-state index < -0.39 is 0 Å². The number of hydrogen-bond acceptors (Lipinski definition) is 2. The van der Waals surface area contributed by atoms with Gasteiger partial charge in [0, 0.05) is 24.7 Å². The van der Waals surface area contributed by atoms with Gasteiger partial charge >= 0.3 is 0 Å². The lowest BCUT2D eigenvalue weighted by atomic mass is 10.0. The van der Waals surface area contributed by atoms with Crippen molar-refractivity contribution in [1.29, 1.82) is 0 Å². The molecular formula is C9H12N2. The van der Waals surface area contributed by atoms with E-state index in [0.29, 0.717) is 5.92 Å². The van der Waals surface area contributed by atoms with Gasteiger partial charge in [-0.2, -0.15) is 0 Å². The first kappa shape index (κ1) is 6.68. The van der Waals surface area contributed by atoms with E-state index in [9.17, 15) is 0 Å². The van der Waals surface area contributed by atoms with Gasteiger partial charge in [-0.15, -0.1) is 0 Å². The van der Waals surface area contributed by atoms with Gasteiger partial charge in [-0.3, -0.25) is 0 Å². The molecule has 0 fully saturated rings. The summed E-state index contributed by atoms with van der Waals surface area (Å²) in [5, 5.41) is 3.32. The SMILES string of the molecule is NCC1CNc2ccccc21. The van der Waals surface area contributed by atoms with Crippen molar-refractivity contribution in [2.45, 2.75) is 5.92 Å². The lowest BCUT2D eigenvalue weighted by molar-refractivity contribution is 0.767. The van der Waals surface area contributed by atoms with Crippen LogP contribution in [0.1, 0.15) is 11.5 Å². The van der Waals surface area contributed by atoms with Gasteiger partial charge in [0.15, 0.2) is 0 Å². The second-order valence-electron chi connectivity index (χ2n) is 2.90. The summed E-state index contributed by atoms with van der Waals surface area (Å²) in [6.07, 6.45) is 0. The molecule has 3 N–H and O–H groups in total. The van der Waals surface area contributed by atoms with Crippen molar-refractivity contribution in [2.24, 2.45) is 5.73 Å². The van der Waals surface area contributed by atoms with E-state index in [-0.39, 0.29) is 0 Å². The topological polar surface area (TPSA) is 38.0 Å². The molecule has 1 atom stereocenters. The number of nitrogens with two attached hydrogens (primary N) is 1. The molecule has 0 aliphatic carbocycles.